The monoisotopic (exact) mass is 460 g/mol. The second kappa shape index (κ2) is 7.01. The van der Waals surface area contributed by atoms with Crippen molar-refractivity contribution >= 4 is 53.1 Å². The number of hydrogen-bond acceptors (Lipinski definition) is 7. The summed E-state index contributed by atoms with van der Waals surface area (Å²) in [6.07, 6.45) is 0. The van der Waals surface area contributed by atoms with E-state index in [1.807, 2.05) is 0 Å². The van der Waals surface area contributed by atoms with Gasteiger partial charge in [-0.1, -0.05) is 12.1 Å². The van der Waals surface area contributed by atoms with E-state index in [0.717, 1.165) is 18.2 Å². The van der Waals surface area contributed by atoms with Crippen LogP contribution >= 0.6 is 0 Å². The van der Waals surface area contributed by atoms with Gasteiger partial charge in [-0.2, -0.15) is 8.42 Å². The van der Waals surface area contributed by atoms with Crippen LogP contribution in [0.2, 0.25) is 0 Å². The summed E-state index contributed by atoms with van der Waals surface area (Å²) >= 11 is 0. The molecule has 0 spiro atoms. The third kappa shape index (κ3) is 3.93. The maximum absolute atomic E-state index is 12.8. The van der Waals surface area contributed by atoms with E-state index in [4.69, 9.17) is 10.3 Å². The second-order valence-corrected chi connectivity index (χ2v) is 9.99. The van der Waals surface area contributed by atoms with Gasteiger partial charge in [-0.05, 0) is 47.2 Å². The first-order valence-electron chi connectivity index (χ1n) is 8.73. The van der Waals surface area contributed by atoms with Gasteiger partial charge in [0.05, 0.1) is 9.79 Å². The number of phenols is 2. The molecule has 6 N–H and O–H groups in total. The van der Waals surface area contributed by atoms with Crippen molar-refractivity contribution in [1.82, 2.24) is 0 Å². The number of nitrogen functional groups attached to an aromatic ring is 1. The van der Waals surface area contributed by atoms with Crippen LogP contribution in [-0.4, -0.2) is 31.6 Å². The Morgan fingerprint density at radius 1 is 0.710 bits per heavy atom. The number of nitrogens with one attached hydrogen (secondary N) is 1. The molecule has 0 amide bonds. The zero-order valence-corrected chi connectivity index (χ0v) is 17.3. The minimum atomic E-state index is -4.52. The van der Waals surface area contributed by atoms with Crippen molar-refractivity contribution in [2.75, 3.05) is 10.5 Å². The molecule has 0 bridgehead atoms. The lowest BCUT2D eigenvalue weighted by molar-refractivity contribution is 0.471. The molecule has 0 saturated carbocycles. The van der Waals surface area contributed by atoms with Gasteiger partial charge in [0.1, 0.15) is 11.5 Å². The molecule has 11 heteroatoms. The van der Waals surface area contributed by atoms with Gasteiger partial charge < -0.3 is 15.9 Å². The highest BCUT2D eigenvalue weighted by atomic mass is 32.2. The molecule has 0 atom stereocenters. The largest absolute Gasteiger partial charge is 0.507 e. The molecule has 9 nitrogen and oxygen atoms in total. The molecule has 4 aromatic carbocycles. The molecule has 0 aliphatic carbocycles. The van der Waals surface area contributed by atoms with Crippen LogP contribution in [0.15, 0.2) is 70.5 Å². The van der Waals surface area contributed by atoms with Gasteiger partial charge in [0.15, 0.2) is 0 Å². The van der Waals surface area contributed by atoms with E-state index < -0.39 is 30.8 Å². The summed E-state index contributed by atoms with van der Waals surface area (Å²) in [5.74, 6) is -0.703. The summed E-state index contributed by atoms with van der Waals surface area (Å²) in [7, 11) is -8.63. The SMILES string of the molecule is Nc1ccc2cc(S(=O)(=O)Nc3ccc4cc(S(=O)(=O)O)cc(O)c4c3)cc(O)c2c1. The van der Waals surface area contributed by atoms with Crippen molar-refractivity contribution in [2.24, 2.45) is 0 Å². The molecule has 4 rings (SSSR count). The lowest BCUT2D eigenvalue weighted by Crippen LogP contribution is -2.13. The molecule has 0 aliphatic heterocycles. The number of phenolic OH excluding ortho intramolecular Hbond substituents is 2. The number of rotatable bonds is 4. The third-order valence-corrected chi connectivity index (χ3v) is 6.89. The van der Waals surface area contributed by atoms with E-state index in [-0.39, 0.29) is 27.1 Å². The first-order chi connectivity index (χ1) is 14.4. The Morgan fingerprint density at radius 2 is 1.26 bits per heavy atom. The second-order valence-electron chi connectivity index (χ2n) is 6.88. The summed E-state index contributed by atoms with van der Waals surface area (Å²) < 4.78 is 59.8. The number of fused-ring (bicyclic) bond motifs is 2. The van der Waals surface area contributed by atoms with Crippen LogP contribution in [-0.2, 0) is 20.1 Å². The van der Waals surface area contributed by atoms with Crippen LogP contribution in [0.4, 0.5) is 11.4 Å². The first-order valence-corrected chi connectivity index (χ1v) is 11.7. The zero-order valence-electron chi connectivity index (χ0n) is 15.6. The van der Waals surface area contributed by atoms with Crippen molar-refractivity contribution in [3.63, 3.8) is 0 Å². The Bertz CT molecular complexity index is 1580. The lowest BCUT2D eigenvalue weighted by Gasteiger charge is -2.12. The number of sulfonamides is 1. The van der Waals surface area contributed by atoms with Gasteiger partial charge >= 0.3 is 0 Å². The average Bonchev–Trinajstić information content (AvgIpc) is 2.67. The summed E-state index contributed by atoms with van der Waals surface area (Å²) in [6.45, 7) is 0. The lowest BCUT2D eigenvalue weighted by atomic mass is 10.1. The molecular formula is C20H16N2O7S2. The Kier molecular flexibility index (Phi) is 4.69. The van der Waals surface area contributed by atoms with Gasteiger partial charge in [-0.25, -0.2) is 8.42 Å². The fourth-order valence-electron chi connectivity index (χ4n) is 3.22. The normalized spacial score (nSPS) is 12.3. The zero-order chi connectivity index (χ0) is 22.6. The molecular weight excluding hydrogens is 444 g/mol. The van der Waals surface area contributed by atoms with Crippen LogP contribution < -0.4 is 10.5 Å². The van der Waals surface area contributed by atoms with Gasteiger partial charge in [-0.15, -0.1) is 0 Å². The minimum absolute atomic E-state index is 0.0966. The maximum Gasteiger partial charge on any atom is 0.294 e. The van der Waals surface area contributed by atoms with Crippen molar-refractivity contribution in [1.29, 1.82) is 0 Å². The third-order valence-electron chi connectivity index (χ3n) is 4.70. The molecule has 160 valence electrons. The van der Waals surface area contributed by atoms with E-state index >= 15 is 0 Å². The van der Waals surface area contributed by atoms with E-state index in [0.29, 0.717) is 16.5 Å². The summed E-state index contributed by atoms with van der Waals surface area (Å²) in [4.78, 5) is -0.675. The predicted octanol–water partition coefficient (Wildman–Crippen LogP) is 3.03. The van der Waals surface area contributed by atoms with E-state index in [1.165, 1.54) is 30.3 Å². The Morgan fingerprint density at radius 3 is 1.90 bits per heavy atom. The summed E-state index contributed by atoms with van der Waals surface area (Å²) in [5, 5.41) is 21.7. The predicted molar refractivity (Wildman–Crippen MR) is 116 cm³/mol. The average molecular weight is 460 g/mol. The van der Waals surface area contributed by atoms with Crippen LogP contribution in [0.1, 0.15) is 0 Å². The van der Waals surface area contributed by atoms with E-state index in [1.54, 1.807) is 12.1 Å². The van der Waals surface area contributed by atoms with E-state index in [2.05, 4.69) is 4.72 Å². The fourth-order valence-corrected chi connectivity index (χ4v) is 4.86. The number of hydrogen-bond donors (Lipinski definition) is 5. The topological polar surface area (TPSA) is 167 Å². The Labute approximate surface area is 177 Å². The number of anilines is 2. The highest BCUT2D eigenvalue weighted by Crippen LogP contribution is 2.33. The highest BCUT2D eigenvalue weighted by Gasteiger charge is 2.19. The molecule has 0 saturated heterocycles. The van der Waals surface area contributed by atoms with Crippen molar-refractivity contribution in [3.8, 4) is 11.5 Å². The molecule has 4 aromatic rings. The number of benzene rings is 4. The molecule has 0 fully saturated rings. The van der Waals surface area contributed by atoms with Gasteiger partial charge in [0.2, 0.25) is 0 Å². The van der Waals surface area contributed by atoms with Gasteiger partial charge in [-0.3, -0.25) is 9.27 Å². The van der Waals surface area contributed by atoms with Gasteiger partial charge in [0, 0.05) is 34.3 Å². The maximum atomic E-state index is 12.8. The van der Waals surface area contributed by atoms with Crippen molar-refractivity contribution < 1.29 is 31.6 Å². The van der Waals surface area contributed by atoms with E-state index in [9.17, 15) is 27.0 Å². The van der Waals surface area contributed by atoms with Crippen molar-refractivity contribution in [2.45, 2.75) is 9.79 Å². The summed E-state index contributed by atoms with van der Waals surface area (Å²) in [6, 6.07) is 13.3. The molecule has 0 unspecified atom stereocenters. The van der Waals surface area contributed by atoms with Crippen LogP contribution in [0.25, 0.3) is 21.5 Å². The van der Waals surface area contributed by atoms with Crippen molar-refractivity contribution in [3.05, 3.63) is 60.7 Å². The molecule has 0 aromatic heterocycles. The van der Waals surface area contributed by atoms with Gasteiger partial charge in [0.25, 0.3) is 20.1 Å². The minimum Gasteiger partial charge on any atom is -0.507 e. The molecule has 0 heterocycles. The smallest absolute Gasteiger partial charge is 0.294 e. The Balaban J connectivity index is 1.75. The fraction of sp³-hybridized carbons (Fsp3) is 0. The number of nitrogens with two attached hydrogens (primary N) is 1. The van der Waals surface area contributed by atoms with Crippen LogP contribution in [0, 0.1) is 0 Å². The van der Waals surface area contributed by atoms with Crippen LogP contribution in [0.3, 0.4) is 0 Å². The van der Waals surface area contributed by atoms with Crippen LogP contribution in [0.5, 0.6) is 11.5 Å². The quantitative estimate of drug-likeness (QED) is 0.229. The molecule has 0 aliphatic rings. The number of aromatic hydroxyl groups is 2. The highest BCUT2D eigenvalue weighted by molar-refractivity contribution is 7.92. The summed E-state index contributed by atoms with van der Waals surface area (Å²) in [5.41, 5.74) is 6.22. The first kappa shape index (κ1) is 20.7. The molecule has 0 radical (unpaired) electrons. The molecule has 31 heavy (non-hydrogen) atoms. The standard InChI is InChI=1S/C20H16N2O7S2/c21-13-3-1-11-5-15(9-19(23)17(11)7-13)30(25,26)22-14-4-2-12-6-16(31(27,28)29)10-20(24)18(12)8-14/h1-10,22-24H,21H2,(H,27,28,29). The Hall–Kier alpha value is -3.54.